The highest BCUT2D eigenvalue weighted by molar-refractivity contribution is 6.33. The van der Waals surface area contributed by atoms with Gasteiger partial charge in [-0.2, -0.15) is 0 Å². The average molecular weight is 243 g/mol. The van der Waals surface area contributed by atoms with Crippen molar-refractivity contribution in [2.24, 2.45) is 5.41 Å². The van der Waals surface area contributed by atoms with Crippen molar-refractivity contribution >= 4 is 23.4 Å². The first-order valence-corrected chi connectivity index (χ1v) is 5.30. The number of pyridine rings is 1. The summed E-state index contributed by atoms with van der Waals surface area (Å²) in [5, 5.41) is 12.1. The number of hydrogen-bond acceptors (Lipinski definition) is 3. The number of nitrogens with one attached hydrogen (secondary N) is 1. The molecule has 0 saturated carbocycles. The van der Waals surface area contributed by atoms with Crippen LogP contribution in [0.5, 0.6) is 0 Å². The van der Waals surface area contributed by atoms with Crippen LogP contribution in [0, 0.1) is 5.41 Å². The van der Waals surface area contributed by atoms with Gasteiger partial charge in [-0.15, -0.1) is 0 Å². The predicted molar refractivity (Wildman–Crippen MR) is 64.2 cm³/mol. The summed E-state index contributed by atoms with van der Waals surface area (Å²) < 4.78 is 0. The molecule has 2 N–H and O–H groups in total. The van der Waals surface area contributed by atoms with E-state index in [1.807, 2.05) is 0 Å². The molecule has 0 spiro atoms. The number of halogens is 1. The number of hydrogen-bond donors (Lipinski definition) is 2. The van der Waals surface area contributed by atoms with Gasteiger partial charge in [0.25, 0.3) is 0 Å². The SMILES string of the molecule is CC(C)(C)CNc1cc(C(=O)O)c(Cl)cn1. The first-order chi connectivity index (χ1) is 7.29. The van der Waals surface area contributed by atoms with Crippen LogP contribution in [0.4, 0.5) is 5.82 Å². The van der Waals surface area contributed by atoms with E-state index in [-0.39, 0.29) is 16.0 Å². The third kappa shape index (κ3) is 3.70. The lowest BCUT2D eigenvalue weighted by Gasteiger charge is -2.19. The summed E-state index contributed by atoms with van der Waals surface area (Å²) in [7, 11) is 0. The average Bonchev–Trinajstić information content (AvgIpc) is 2.14. The third-order valence-corrected chi connectivity index (χ3v) is 2.19. The lowest BCUT2D eigenvalue weighted by atomic mass is 9.97. The van der Waals surface area contributed by atoms with Gasteiger partial charge in [-0.25, -0.2) is 9.78 Å². The van der Waals surface area contributed by atoms with E-state index in [0.717, 1.165) is 0 Å². The minimum Gasteiger partial charge on any atom is -0.478 e. The molecule has 1 heterocycles. The van der Waals surface area contributed by atoms with Crippen LogP contribution in [-0.4, -0.2) is 22.6 Å². The molecule has 0 radical (unpaired) electrons. The van der Waals surface area contributed by atoms with Crippen LogP contribution in [0.1, 0.15) is 31.1 Å². The molecule has 0 unspecified atom stereocenters. The van der Waals surface area contributed by atoms with E-state index in [1.165, 1.54) is 12.3 Å². The number of anilines is 1. The maximum atomic E-state index is 10.8. The Labute approximate surface area is 99.6 Å². The second-order valence-electron chi connectivity index (χ2n) is 4.77. The van der Waals surface area contributed by atoms with Crippen molar-refractivity contribution in [1.29, 1.82) is 0 Å². The highest BCUT2D eigenvalue weighted by Crippen LogP contribution is 2.19. The lowest BCUT2D eigenvalue weighted by Crippen LogP contribution is -2.19. The van der Waals surface area contributed by atoms with E-state index in [9.17, 15) is 4.79 Å². The summed E-state index contributed by atoms with van der Waals surface area (Å²) in [6.45, 7) is 6.94. The minimum absolute atomic E-state index is 0.0630. The van der Waals surface area contributed by atoms with Crippen LogP contribution in [0.15, 0.2) is 12.3 Å². The van der Waals surface area contributed by atoms with Gasteiger partial charge in [-0.05, 0) is 11.5 Å². The molecular weight excluding hydrogens is 228 g/mol. The second kappa shape index (κ2) is 4.70. The molecule has 1 aromatic heterocycles. The van der Waals surface area contributed by atoms with Crippen LogP contribution < -0.4 is 5.32 Å². The van der Waals surface area contributed by atoms with Gasteiger partial charge in [0.15, 0.2) is 0 Å². The fourth-order valence-corrected chi connectivity index (χ4v) is 1.24. The van der Waals surface area contributed by atoms with Crippen molar-refractivity contribution in [2.75, 3.05) is 11.9 Å². The number of carboxylic acid groups (broad SMARTS) is 1. The number of aromatic carboxylic acids is 1. The molecule has 0 saturated heterocycles. The summed E-state index contributed by atoms with van der Waals surface area (Å²) >= 11 is 5.71. The molecule has 0 aliphatic heterocycles. The summed E-state index contributed by atoms with van der Waals surface area (Å²) in [6, 6.07) is 1.44. The first kappa shape index (κ1) is 12.8. The molecule has 0 atom stereocenters. The lowest BCUT2D eigenvalue weighted by molar-refractivity contribution is 0.0697. The van der Waals surface area contributed by atoms with Crippen LogP contribution in [0.25, 0.3) is 0 Å². The maximum absolute atomic E-state index is 10.8. The minimum atomic E-state index is -1.05. The second-order valence-corrected chi connectivity index (χ2v) is 5.18. The Bertz CT molecular complexity index is 399. The first-order valence-electron chi connectivity index (χ1n) is 4.92. The van der Waals surface area contributed by atoms with Crippen LogP contribution >= 0.6 is 11.6 Å². The predicted octanol–water partition coefficient (Wildman–Crippen LogP) is 2.89. The van der Waals surface area contributed by atoms with E-state index < -0.39 is 5.97 Å². The Kier molecular flexibility index (Phi) is 3.75. The standard InChI is InChI=1S/C11H15ClN2O2/c1-11(2,3)6-14-9-4-7(10(15)16)8(12)5-13-9/h4-5H,6H2,1-3H3,(H,13,14)(H,15,16). The van der Waals surface area contributed by atoms with E-state index in [4.69, 9.17) is 16.7 Å². The van der Waals surface area contributed by atoms with Crippen LogP contribution in [-0.2, 0) is 0 Å². The summed E-state index contributed by atoms with van der Waals surface area (Å²) in [5.74, 6) is -0.525. The van der Waals surface area contributed by atoms with Crippen molar-refractivity contribution in [2.45, 2.75) is 20.8 Å². The molecule has 1 rings (SSSR count). The van der Waals surface area contributed by atoms with E-state index in [2.05, 4.69) is 31.1 Å². The quantitative estimate of drug-likeness (QED) is 0.856. The van der Waals surface area contributed by atoms with Crippen molar-refractivity contribution < 1.29 is 9.90 Å². The third-order valence-electron chi connectivity index (χ3n) is 1.89. The van der Waals surface area contributed by atoms with Crippen molar-refractivity contribution in [3.05, 3.63) is 22.8 Å². The normalized spacial score (nSPS) is 11.2. The Morgan fingerprint density at radius 3 is 2.69 bits per heavy atom. The van der Waals surface area contributed by atoms with Gasteiger partial charge >= 0.3 is 5.97 Å². The van der Waals surface area contributed by atoms with Crippen molar-refractivity contribution in [3.8, 4) is 0 Å². The monoisotopic (exact) mass is 242 g/mol. The van der Waals surface area contributed by atoms with Crippen LogP contribution in [0.2, 0.25) is 5.02 Å². The van der Waals surface area contributed by atoms with Gasteiger partial charge in [-0.3, -0.25) is 0 Å². The highest BCUT2D eigenvalue weighted by atomic mass is 35.5. The van der Waals surface area contributed by atoms with E-state index in [0.29, 0.717) is 12.4 Å². The molecule has 5 heteroatoms. The molecule has 0 bridgehead atoms. The Hall–Kier alpha value is -1.29. The fraction of sp³-hybridized carbons (Fsp3) is 0.455. The Morgan fingerprint density at radius 2 is 2.19 bits per heavy atom. The summed E-state index contributed by atoms with van der Waals surface area (Å²) in [5.41, 5.74) is 0.165. The Balaban J connectivity index is 2.83. The zero-order valence-corrected chi connectivity index (χ0v) is 10.3. The number of nitrogens with zero attached hydrogens (tertiary/aromatic N) is 1. The maximum Gasteiger partial charge on any atom is 0.337 e. The molecule has 0 amide bonds. The molecule has 4 nitrogen and oxygen atoms in total. The summed E-state index contributed by atoms with van der Waals surface area (Å²) in [6.07, 6.45) is 1.34. The van der Waals surface area contributed by atoms with Crippen molar-refractivity contribution in [1.82, 2.24) is 4.98 Å². The molecular formula is C11H15ClN2O2. The van der Waals surface area contributed by atoms with Gasteiger partial charge in [-0.1, -0.05) is 32.4 Å². The van der Waals surface area contributed by atoms with Crippen LogP contribution in [0.3, 0.4) is 0 Å². The summed E-state index contributed by atoms with van der Waals surface area (Å²) in [4.78, 5) is 14.9. The Morgan fingerprint density at radius 1 is 1.56 bits per heavy atom. The molecule has 0 fully saturated rings. The fourth-order valence-electron chi connectivity index (χ4n) is 1.05. The van der Waals surface area contributed by atoms with Gasteiger partial charge in [0, 0.05) is 12.7 Å². The highest BCUT2D eigenvalue weighted by Gasteiger charge is 2.13. The molecule has 0 aromatic carbocycles. The zero-order chi connectivity index (χ0) is 12.3. The van der Waals surface area contributed by atoms with Gasteiger partial charge in [0.05, 0.1) is 10.6 Å². The number of rotatable bonds is 3. The number of carbonyl (C=O) groups is 1. The number of aromatic nitrogens is 1. The van der Waals surface area contributed by atoms with Gasteiger partial charge < -0.3 is 10.4 Å². The number of carboxylic acids is 1. The smallest absolute Gasteiger partial charge is 0.337 e. The molecule has 0 aliphatic rings. The van der Waals surface area contributed by atoms with Crippen molar-refractivity contribution in [3.63, 3.8) is 0 Å². The molecule has 0 aliphatic carbocycles. The van der Waals surface area contributed by atoms with E-state index in [1.54, 1.807) is 0 Å². The van der Waals surface area contributed by atoms with Gasteiger partial charge in [0.1, 0.15) is 5.82 Å². The van der Waals surface area contributed by atoms with E-state index >= 15 is 0 Å². The largest absolute Gasteiger partial charge is 0.478 e. The molecule has 16 heavy (non-hydrogen) atoms. The topological polar surface area (TPSA) is 62.2 Å². The van der Waals surface area contributed by atoms with Gasteiger partial charge in [0.2, 0.25) is 0 Å². The molecule has 1 aromatic rings. The molecule has 88 valence electrons. The zero-order valence-electron chi connectivity index (χ0n) is 9.54.